The molecule has 1 aromatic heterocycles. The lowest BCUT2D eigenvalue weighted by atomic mass is 9.81. The Hall–Kier alpha value is -2.49. The van der Waals surface area contributed by atoms with Gasteiger partial charge in [-0.15, -0.1) is 0 Å². The topological polar surface area (TPSA) is 38.7 Å². The number of allylic oxidation sites excluding steroid dienone is 10. The van der Waals surface area contributed by atoms with E-state index in [9.17, 15) is 0 Å². The molecule has 0 bridgehead atoms. The molecule has 0 unspecified atom stereocenters. The van der Waals surface area contributed by atoms with Crippen LogP contribution in [0.4, 0.5) is 0 Å². The second-order valence-corrected chi connectivity index (χ2v) is 4.34. The number of aromatic nitrogens is 3. The SMILES string of the molecule is C=C/C=C(\C=C)c1nc([B]C)nc(C(/C=C\C)=C/C=C\C)n1. The Morgan fingerprint density at radius 2 is 1.64 bits per heavy atom. The molecule has 0 aliphatic heterocycles. The standard InChI is InChI=1S/C18H21BN3/c1-6-10-13-15(12-8-3)17-20-16(14(9-4)11-7-2)21-18(19-5)22-17/h6-13H,2,4H2,1,3,5H3/b10-6-,12-8-,14-11+,15-13+. The summed E-state index contributed by atoms with van der Waals surface area (Å²) in [7, 11) is 1.85. The van der Waals surface area contributed by atoms with Crippen LogP contribution in [0.15, 0.2) is 61.8 Å². The van der Waals surface area contributed by atoms with Gasteiger partial charge >= 0.3 is 0 Å². The van der Waals surface area contributed by atoms with Gasteiger partial charge in [0, 0.05) is 11.1 Å². The minimum absolute atomic E-state index is 0.587. The molecule has 0 atom stereocenters. The van der Waals surface area contributed by atoms with Gasteiger partial charge in [-0.1, -0.05) is 68.6 Å². The summed E-state index contributed by atoms with van der Waals surface area (Å²) in [4.78, 5) is 13.5. The summed E-state index contributed by atoms with van der Waals surface area (Å²) in [5, 5.41) is 0. The van der Waals surface area contributed by atoms with Crippen LogP contribution in [0, 0.1) is 0 Å². The van der Waals surface area contributed by atoms with Gasteiger partial charge in [0.2, 0.25) is 7.28 Å². The van der Waals surface area contributed by atoms with Crippen molar-refractivity contribution in [2.24, 2.45) is 0 Å². The molecule has 0 fully saturated rings. The Morgan fingerprint density at radius 3 is 2.14 bits per heavy atom. The Kier molecular flexibility index (Phi) is 7.55. The molecule has 0 spiro atoms. The van der Waals surface area contributed by atoms with Crippen molar-refractivity contribution >= 4 is 24.1 Å². The molecule has 0 aliphatic carbocycles. The van der Waals surface area contributed by atoms with Crippen LogP contribution >= 0.6 is 0 Å². The maximum Gasteiger partial charge on any atom is 0.201 e. The third-order valence-electron chi connectivity index (χ3n) is 2.76. The van der Waals surface area contributed by atoms with E-state index in [1.807, 2.05) is 64.4 Å². The van der Waals surface area contributed by atoms with Crippen LogP contribution in [0.1, 0.15) is 25.5 Å². The van der Waals surface area contributed by atoms with Crippen LogP contribution in [0.2, 0.25) is 6.82 Å². The maximum atomic E-state index is 4.56. The smallest absolute Gasteiger partial charge is 0.201 e. The molecule has 0 saturated carbocycles. The van der Waals surface area contributed by atoms with E-state index in [2.05, 4.69) is 28.1 Å². The Balaban J connectivity index is 3.50. The van der Waals surface area contributed by atoms with Gasteiger partial charge in [0.05, 0.1) is 5.72 Å². The minimum atomic E-state index is 0.587. The summed E-state index contributed by atoms with van der Waals surface area (Å²) in [6.07, 6.45) is 15.1. The highest BCUT2D eigenvalue weighted by Crippen LogP contribution is 2.15. The van der Waals surface area contributed by atoms with Crippen molar-refractivity contribution in [1.29, 1.82) is 0 Å². The quantitative estimate of drug-likeness (QED) is 0.569. The molecule has 0 aromatic carbocycles. The Morgan fingerprint density at radius 1 is 0.955 bits per heavy atom. The summed E-state index contributed by atoms with van der Waals surface area (Å²) in [5.41, 5.74) is 2.37. The van der Waals surface area contributed by atoms with E-state index in [0.717, 1.165) is 11.1 Å². The average Bonchev–Trinajstić information content (AvgIpc) is 2.55. The number of hydrogen-bond acceptors (Lipinski definition) is 3. The predicted octanol–water partition coefficient (Wildman–Crippen LogP) is 3.54. The monoisotopic (exact) mass is 290 g/mol. The molecule has 0 N–H and O–H groups in total. The summed E-state index contributed by atoms with van der Waals surface area (Å²) < 4.78 is 0. The second kappa shape index (κ2) is 9.45. The first-order valence-corrected chi connectivity index (χ1v) is 7.17. The van der Waals surface area contributed by atoms with Crippen LogP contribution in [0.5, 0.6) is 0 Å². The highest BCUT2D eigenvalue weighted by atomic mass is 15.0. The molecule has 4 heteroatoms. The van der Waals surface area contributed by atoms with E-state index in [1.54, 1.807) is 12.2 Å². The first kappa shape index (κ1) is 17.6. The van der Waals surface area contributed by atoms with E-state index in [1.165, 1.54) is 0 Å². The minimum Gasteiger partial charge on any atom is -0.225 e. The van der Waals surface area contributed by atoms with E-state index < -0.39 is 0 Å². The molecule has 1 radical (unpaired) electrons. The lowest BCUT2D eigenvalue weighted by Gasteiger charge is -2.07. The highest BCUT2D eigenvalue weighted by Gasteiger charge is 2.10. The van der Waals surface area contributed by atoms with Crippen molar-refractivity contribution < 1.29 is 0 Å². The van der Waals surface area contributed by atoms with Crippen molar-refractivity contribution in [3.05, 3.63) is 73.4 Å². The average molecular weight is 290 g/mol. The van der Waals surface area contributed by atoms with Crippen LogP contribution < -0.4 is 5.72 Å². The number of nitrogens with zero attached hydrogens (tertiary/aromatic N) is 3. The molecule has 1 heterocycles. The first-order chi connectivity index (χ1) is 10.7. The van der Waals surface area contributed by atoms with Crippen molar-refractivity contribution in [1.82, 2.24) is 15.0 Å². The normalized spacial score (nSPS) is 12.9. The molecule has 0 saturated heterocycles. The summed E-state index contributed by atoms with van der Waals surface area (Å²) >= 11 is 0. The van der Waals surface area contributed by atoms with Crippen molar-refractivity contribution in [2.45, 2.75) is 20.7 Å². The molecule has 111 valence electrons. The van der Waals surface area contributed by atoms with Gasteiger partial charge < -0.3 is 0 Å². The van der Waals surface area contributed by atoms with E-state index in [0.29, 0.717) is 17.4 Å². The van der Waals surface area contributed by atoms with Crippen LogP contribution in [-0.4, -0.2) is 22.2 Å². The van der Waals surface area contributed by atoms with Gasteiger partial charge in [-0.05, 0) is 13.8 Å². The molecule has 22 heavy (non-hydrogen) atoms. The van der Waals surface area contributed by atoms with E-state index in [-0.39, 0.29) is 0 Å². The van der Waals surface area contributed by atoms with Crippen molar-refractivity contribution in [3.8, 4) is 0 Å². The molecule has 3 nitrogen and oxygen atoms in total. The highest BCUT2D eigenvalue weighted by molar-refractivity contribution is 6.49. The molecular weight excluding hydrogens is 269 g/mol. The predicted molar refractivity (Wildman–Crippen MR) is 97.1 cm³/mol. The fourth-order valence-electron chi connectivity index (χ4n) is 1.72. The Labute approximate surface area is 133 Å². The molecule has 1 aromatic rings. The van der Waals surface area contributed by atoms with E-state index in [4.69, 9.17) is 0 Å². The van der Waals surface area contributed by atoms with Gasteiger partial charge in [0.25, 0.3) is 0 Å². The molecular formula is C18H21BN3. The summed E-state index contributed by atoms with van der Waals surface area (Å²) in [6.45, 7) is 13.3. The first-order valence-electron chi connectivity index (χ1n) is 7.17. The van der Waals surface area contributed by atoms with Gasteiger partial charge in [-0.3, -0.25) is 0 Å². The lowest BCUT2D eigenvalue weighted by Crippen LogP contribution is -2.24. The van der Waals surface area contributed by atoms with Gasteiger partial charge in [0.15, 0.2) is 11.6 Å². The Bertz CT molecular complexity index is 652. The number of rotatable bonds is 7. The van der Waals surface area contributed by atoms with Crippen molar-refractivity contribution in [2.75, 3.05) is 0 Å². The lowest BCUT2D eigenvalue weighted by molar-refractivity contribution is 1.03. The fraction of sp³-hybridized carbons (Fsp3) is 0.167. The van der Waals surface area contributed by atoms with Gasteiger partial charge in [0.1, 0.15) is 0 Å². The maximum absolute atomic E-state index is 4.56. The van der Waals surface area contributed by atoms with Crippen LogP contribution in [0.25, 0.3) is 11.1 Å². The van der Waals surface area contributed by atoms with Crippen LogP contribution in [0.3, 0.4) is 0 Å². The zero-order valence-electron chi connectivity index (χ0n) is 13.5. The molecule has 0 aliphatic rings. The molecule has 1 rings (SSSR count). The zero-order chi connectivity index (χ0) is 16.4. The second-order valence-electron chi connectivity index (χ2n) is 4.34. The van der Waals surface area contributed by atoms with E-state index >= 15 is 0 Å². The van der Waals surface area contributed by atoms with Gasteiger partial charge in [-0.25, -0.2) is 15.0 Å². The summed E-state index contributed by atoms with van der Waals surface area (Å²) in [6, 6.07) is 0. The summed E-state index contributed by atoms with van der Waals surface area (Å²) in [5.74, 6) is 1.22. The third kappa shape index (κ3) is 4.81. The van der Waals surface area contributed by atoms with Crippen LogP contribution in [-0.2, 0) is 0 Å². The zero-order valence-corrected chi connectivity index (χ0v) is 13.5. The number of hydrogen-bond donors (Lipinski definition) is 0. The van der Waals surface area contributed by atoms with Crippen molar-refractivity contribution in [3.63, 3.8) is 0 Å². The largest absolute Gasteiger partial charge is 0.225 e. The van der Waals surface area contributed by atoms with Gasteiger partial charge in [-0.2, -0.15) is 0 Å². The fourth-order valence-corrected chi connectivity index (χ4v) is 1.72. The molecule has 0 amide bonds. The third-order valence-corrected chi connectivity index (χ3v) is 2.76.